The molecule has 4 aromatic rings. The van der Waals surface area contributed by atoms with Crippen LogP contribution in [0.1, 0.15) is 9.80 Å². The summed E-state index contributed by atoms with van der Waals surface area (Å²) in [5, 5.41) is 0.909. The predicted octanol–water partition coefficient (Wildman–Crippen LogP) is 3.68. The Bertz CT molecular complexity index is 1030. The van der Waals surface area contributed by atoms with E-state index in [2.05, 4.69) is 20.8 Å². The second kappa shape index (κ2) is 6.77. The van der Waals surface area contributed by atoms with Gasteiger partial charge in [-0.25, -0.2) is 9.97 Å². The number of nitrogens with zero attached hydrogens (tertiary/aromatic N) is 2. The molecule has 2 heterocycles. The molecule has 9 heteroatoms. The van der Waals surface area contributed by atoms with E-state index >= 15 is 0 Å². The first-order chi connectivity index (χ1) is 12.7. The first kappa shape index (κ1) is 16.6. The number of fused-ring (bicyclic) bond motifs is 2. The number of methoxy groups -OCH3 is 2. The number of hydrogen-bond donors (Lipinski definition) is 2. The number of amides is 1. The summed E-state index contributed by atoms with van der Waals surface area (Å²) in [6.07, 6.45) is 0. The van der Waals surface area contributed by atoms with Gasteiger partial charge in [0.15, 0.2) is 5.01 Å². The molecule has 0 bridgehead atoms. The highest BCUT2D eigenvalue weighted by Gasteiger charge is 2.15. The van der Waals surface area contributed by atoms with Crippen molar-refractivity contribution in [1.82, 2.24) is 15.4 Å². The molecule has 0 saturated heterocycles. The smallest absolute Gasteiger partial charge is 0.298 e. The Kier molecular flexibility index (Phi) is 4.31. The lowest BCUT2D eigenvalue weighted by atomic mass is 10.3. The van der Waals surface area contributed by atoms with E-state index in [-0.39, 0.29) is 5.91 Å². The number of carbonyl (C=O) groups excluding carboxylic acids is 1. The van der Waals surface area contributed by atoms with Crippen LogP contribution < -0.4 is 20.3 Å². The maximum absolute atomic E-state index is 12.4. The minimum Gasteiger partial charge on any atom is -0.495 e. The summed E-state index contributed by atoms with van der Waals surface area (Å²) >= 11 is 2.70. The van der Waals surface area contributed by atoms with E-state index in [1.54, 1.807) is 20.3 Å². The number of hydrazine groups is 1. The SMILES string of the molecule is COc1ccc(OC)c2sc(NNC(=O)c3nc4ccccc4s3)nc12. The summed E-state index contributed by atoms with van der Waals surface area (Å²) in [6.45, 7) is 0. The topological polar surface area (TPSA) is 85.4 Å². The molecule has 0 spiro atoms. The maximum Gasteiger partial charge on any atom is 0.298 e. The van der Waals surface area contributed by atoms with Gasteiger partial charge in [0.1, 0.15) is 21.7 Å². The van der Waals surface area contributed by atoms with Crippen LogP contribution in [0.3, 0.4) is 0 Å². The highest BCUT2D eigenvalue weighted by Crippen LogP contribution is 2.38. The van der Waals surface area contributed by atoms with Crippen LogP contribution in [0.25, 0.3) is 20.4 Å². The lowest BCUT2D eigenvalue weighted by Crippen LogP contribution is -2.29. The Morgan fingerprint density at radius 1 is 1.00 bits per heavy atom. The summed E-state index contributed by atoms with van der Waals surface area (Å²) in [5.74, 6) is 1.02. The van der Waals surface area contributed by atoms with E-state index < -0.39 is 0 Å². The van der Waals surface area contributed by atoms with Crippen molar-refractivity contribution in [3.63, 3.8) is 0 Å². The van der Waals surface area contributed by atoms with E-state index in [1.165, 1.54) is 22.7 Å². The van der Waals surface area contributed by atoms with Gasteiger partial charge in [-0.1, -0.05) is 23.5 Å². The quantitative estimate of drug-likeness (QED) is 0.509. The van der Waals surface area contributed by atoms with Crippen LogP contribution in [-0.4, -0.2) is 30.1 Å². The summed E-state index contributed by atoms with van der Waals surface area (Å²) in [5.41, 5.74) is 6.96. The molecule has 0 atom stereocenters. The zero-order valence-corrected chi connectivity index (χ0v) is 15.5. The summed E-state index contributed by atoms with van der Waals surface area (Å²) in [6, 6.07) is 11.2. The molecule has 0 aliphatic carbocycles. The number of aromatic nitrogens is 2. The number of carbonyl (C=O) groups is 1. The first-order valence-electron chi connectivity index (χ1n) is 7.63. The molecule has 0 fully saturated rings. The molecule has 0 unspecified atom stereocenters. The fourth-order valence-electron chi connectivity index (χ4n) is 2.47. The van der Waals surface area contributed by atoms with E-state index in [9.17, 15) is 4.79 Å². The van der Waals surface area contributed by atoms with Crippen LogP contribution in [0.2, 0.25) is 0 Å². The minimum absolute atomic E-state index is 0.315. The molecule has 132 valence electrons. The van der Waals surface area contributed by atoms with Crippen molar-refractivity contribution >= 4 is 54.1 Å². The average Bonchev–Trinajstić information content (AvgIpc) is 3.29. The third-order valence-electron chi connectivity index (χ3n) is 3.68. The second-order valence-electron chi connectivity index (χ2n) is 5.23. The average molecular weight is 386 g/mol. The van der Waals surface area contributed by atoms with Crippen molar-refractivity contribution < 1.29 is 14.3 Å². The van der Waals surface area contributed by atoms with Gasteiger partial charge in [0, 0.05) is 0 Å². The van der Waals surface area contributed by atoms with Crippen molar-refractivity contribution in [2.24, 2.45) is 0 Å². The van der Waals surface area contributed by atoms with E-state index in [0.717, 1.165) is 14.9 Å². The molecule has 2 aromatic heterocycles. The third kappa shape index (κ3) is 2.91. The van der Waals surface area contributed by atoms with Crippen molar-refractivity contribution in [3.05, 3.63) is 41.4 Å². The number of ether oxygens (including phenoxy) is 2. The number of benzene rings is 2. The fraction of sp³-hybridized carbons (Fsp3) is 0.118. The lowest BCUT2D eigenvalue weighted by molar-refractivity contribution is 0.0962. The second-order valence-corrected chi connectivity index (χ2v) is 7.26. The molecular formula is C17H14N4O3S2. The number of thiazole rings is 2. The standard InChI is InChI=1S/C17H14N4O3S2/c1-23-10-7-8-11(24-2)14-13(10)19-17(26-14)21-20-15(22)16-18-9-5-3-4-6-12(9)25-16/h3-8H,1-2H3,(H,19,21)(H,20,22). The Hall–Kier alpha value is -2.91. The summed E-state index contributed by atoms with van der Waals surface area (Å²) < 4.78 is 12.5. The molecule has 0 aliphatic heterocycles. The van der Waals surface area contributed by atoms with Crippen LogP contribution in [0.5, 0.6) is 11.5 Å². The number of hydrogen-bond acceptors (Lipinski definition) is 8. The molecule has 0 saturated carbocycles. The number of para-hydroxylation sites is 1. The highest BCUT2D eigenvalue weighted by molar-refractivity contribution is 7.22. The Labute approximate surface area is 156 Å². The molecule has 0 radical (unpaired) electrons. The zero-order valence-electron chi connectivity index (χ0n) is 13.9. The largest absolute Gasteiger partial charge is 0.495 e. The fourth-order valence-corrected chi connectivity index (χ4v) is 4.26. The van der Waals surface area contributed by atoms with Crippen LogP contribution in [0.15, 0.2) is 36.4 Å². The number of anilines is 1. The number of rotatable bonds is 5. The predicted molar refractivity (Wildman–Crippen MR) is 103 cm³/mol. The van der Waals surface area contributed by atoms with E-state index in [1.807, 2.05) is 30.3 Å². The maximum atomic E-state index is 12.4. The van der Waals surface area contributed by atoms with Gasteiger partial charge in [-0.15, -0.1) is 11.3 Å². The van der Waals surface area contributed by atoms with Crippen LogP contribution >= 0.6 is 22.7 Å². The minimum atomic E-state index is -0.315. The van der Waals surface area contributed by atoms with Crippen LogP contribution in [-0.2, 0) is 0 Å². The van der Waals surface area contributed by atoms with Gasteiger partial charge in [0.2, 0.25) is 5.13 Å². The molecule has 0 aliphatic rings. The summed E-state index contributed by atoms with van der Waals surface area (Å²) in [7, 11) is 3.19. The van der Waals surface area contributed by atoms with Crippen molar-refractivity contribution in [2.45, 2.75) is 0 Å². The molecule has 7 nitrogen and oxygen atoms in total. The van der Waals surface area contributed by atoms with Crippen LogP contribution in [0.4, 0.5) is 5.13 Å². The van der Waals surface area contributed by atoms with Gasteiger partial charge in [0.25, 0.3) is 5.91 Å². The van der Waals surface area contributed by atoms with Gasteiger partial charge < -0.3 is 9.47 Å². The highest BCUT2D eigenvalue weighted by atomic mass is 32.1. The Morgan fingerprint density at radius 2 is 1.77 bits per heavy atom. The number of nitrogens with one attached hydrogen (secondary N) is 2. The van der Waals surface area contributed by atoms with E-state index in [4.69, 9.17) is 9.47 Å². The third-order valence-corrected chi connectivity index (χ3v) is 5.70. The first-order valence-corrected chi connectivity index (χ1v) is 9.26. The Balaban J connectivity index is 1.56. The van der Waals surface area contributed by atoms with Gasteiger partial charge in [-0.05, 0) is 24.3 Å². The van der Waals surface area contributed by atoms with Gasteiger partial charge >= 0.3 is 0 Å². The van der Waals surface area contributed by atoms with Crippen LogP contribution in [0, 0.1) is 0 Å². The monoisotopic (exact) mass is 386 g/mol. The lowest BCUT2D eigenvalue weighted by Gasteiger charge is -2.03. The van der Waals surface area contributed by atoms with Crippen molar-refractivity contribution in [3.8, 4) is 11.5 Å². The molecule has 26 heavy (non-hydrogen) atoms. The Morgan fingerprint density at radius 3 is 2.54 bits per heavy atom. The molecule has 2 N–H and O–H groups in total. The zero-order chi connectivity index (χ0) is 18.1. The van der Waals surface area contributed by atoms with Crippen molar-refractivity contribution in [1.29, 1.82) is 0 Å². The van der Waals surface area contributed by atoms with Gasteiger partial charge in [-0.2, -0.15) is 0 Å². The molecular weight excluding hydrogens is 372 g/mol. The molecule has 2 aromatic carbocycles. The van der Waals surface area contributed by atoms with E-state index in [0.29, 0.717) is 27.2 Å². The van der Waals surface area contributed by atoms with Gasteiger partial charge in [0.05, 0.1) is 24.4 Å². The van der Waals surface area contributed by atoms with Gasteiger partial charge in [-0.3, -0.25) is 15.6 Å². The van der Waals surface area contributed by atoms with Crippen molar-refractivity contribution in [2.75, 3.05) is 19.6 Å². The summed E-state index contributed by atoms with van der Waals surface area (Å²) in [4.78, 5) is 21.2. The molecule has 4 rings (SSSR count). The normalized spacial score (nSPS) is 10.8. The molecule has 1 amide bonds.